The predicted molar refractivity (Wildman–Crippen MR) is 76.4 cm³/mol. The van der Waals surface area contributed by atoms with E-state index < -0.39 is 6.10 Å². The fraction of sp³-hybridized carbons (Fsp3) is 0.308. The minimum atomic E-state index is -0.632. The van der Waals surface area contributed by atoms with Crippen molar-refractivity contribution in [3.8, 4) is 11.5 Å². The van der Waals surface area contributed by atoms with Gasteiger partial charge in [-0.3, -0.25) is 10.1 Å². The third-order valence-electron chi connectivity index (χ3n) is 2.50. The van der Waals surface area contributed by atoms with Gasteiger partial charge in [0.25, 0.3) is 5.91 Å². The third-order valence-corrected chi connectivity index (χ3v) is 3.25. The summed E-state index contributed by atoms with van der Waals surface area (Å²) in [6, 6.07) is 7.04. The van der Waals surface area contributed by atoms with E-state index in [1.165, 1.54) is 11.3 Å². The number of benzene rings is 1. The van der Waals surface area contributed by atoms with E-state index in [1.807, 2.05) is 6.92 Å². The first kappa shape index (κ1) is 14.3. The highest BCUT2D eigenvalue weighted by Gasteiger charge is 2.16. The molecule has 0 aliphatic heterocycles. The van der Waals surface area contributed by atoms with Crippen molar-refractivity contribution in [2.45, 2.75) is 20.0 Å². The van der Waals surface area contributed by atoms with Crippen LogP contribution in [-0.2, 0) is 4.79 Å². The molecular formula is C13H15N3O3S. The van der Waals surface area contributed by atoms with Crippen molar-refractivity contribution in [3.63, 3.8) is 0 Å². The topological polar surface area (TPSA) is 73.3 Å². The SMILES string of the molecule is COc1ccc(O[C@H](C)C(=O)Nc2nnc(C)s2)cc1. The van der Waals surface area contributed by atoms with Gasteiger partial charge in [0, 0.05) is 0 Å². The lowest BCUT2D eigenvalue weighted by atomic mass is 10.3. The fourth-order valence-electron chi connectivity index (χ4n) is 1.47. The molecule has 1 amide bonds. The summed E-state index contributed by atoms with van der Waals surface area (Å²) in [7, 11) is 1.59. The van der Waals surface area contributed by atoms with Gasteiger partial charge in [0.15, 0.2) is 6.10 Å². The summed E-state index contributed by atoms with van der Waals surface area (Å²) in [5.74, 6) is 1.07. The van der Waals surface area contributed by atoms with Crippen LogP contribution in [0.4, 0.5) is 5.13 Å². The van der Waals surface area contributed by atoms with E-state index in [-0.39, 0.29) is 5.91 Å². The van der Waals surface area contributed by atoms with Gasteiger partial charge in [-0.2, -0.15) is 0 Å². The molecular weight excluding hydrogens is 278 g/mol. The Hall–Kier alpha value is -2.15. The molecule has 20 heavy (non-hydrogen) atoms. The molecule has 106 valence electrons. The molecule has 1 aromatic heterocycles. The lowest BCUT2D eigenvalue weighted by molar-refractivity contribution is -0.122. The highest BCUT2D eigenvalue weighted by molar-refractivity contribution is 7.15. The summed E-state index contributed by atoms with van der Waals surface area (Å²) in [5.41, 5.74) is 0. The van der Waals surface area contributed by atoms with Crippen LogP contribution in [0.15, 0.2) is 24.3 Å². The van der Waals surface area contributed by atoms with Crippen molar-refractivity contribution in [1.29, 1.82) is 0 Å². The first-order chi connectivity index (χ1) is 9.58. The summed E-state index contributed by atoms with van der Waals surface area (Å²) >= 11 is 1.32. The Bertz CT molecular complexity index is 583. The molecule has 0 radical (unpaired) electrons. The number of ether oxygens (including phenoxy) is 2. The zero-order chi connectivity index (χ0) is 14.5. The van der Waals surface area contributed by atoms with Crippen LogP contribution >= 0.6 is 11.3 Å². The summed E-state index contributed by atoms with van der Waals surface area (Å²) < 4.78 is 10.6. The van der Waals surface area contributed by atoms with Gasteiger partial charge in [-0.1, -0.05) is 11.3 Å². The van der Waals surface area contributed by atoms with Crippen LogP contribution in [0, 0.1) is 6.92 Å². The lowest BCUT2D eigenvalue weighted by Gasteiger charge is -2.13. The smallest absolute Gasteiger partial charge is 0.266 e. The van der Waals surface area contributed by atoms with Crippen molar-refractivity contribution in [3.05, 3.63) is 29.3 Å². The van der Waals surface area contributed by atoms with Crippen molar-refractivity contribution < 1.29 is 14.3 Å². The van der Waals surface area contributed by atoms with E-state index in [0.29, 0.717) is 10.9 Å². The molecule has 1 aromatic carbocycles. The Kier molecular flexibility index (Phi) is 4.52. The van der Waals surface area contributed by atoms with Gasteiger partial charge in [-0.05, 0) is 38.1 Å². The Morgan fingerprint density at radius 1 is 1.25 bits per heavy atom. The van der Waals surface area contributed by atoms with Crippen molar-refractivity contribution in [2.24, 2.45) is 0 Å². The molecule has 0 saturated carbocycles. The average Bonchev–Trinajstić information content (AvgIpc) is 2.85. The zero-order valence-corrected chi connectivity index (χ0v) is 12.2. The number of anilines is 1. The molecule has 0 fully saturated rings. The standard InChI is InChI=1S/C13H15N3O3S/c1-8(12(17)14-13-16-15-9(2)20-13)19-11-6-4-10(18-3)5-7-11/h4-8H,1-3H3,(H,14,16,17)/t8-/m1/s1. The second-order valence-electron chi connectivity index (χ2n) is 4.05. The van der Waals surface area contributed by atoms with E-state index in [4.69, 9.17) is 9.47 Å². The van der Waals surface area contributed by atoms with Gasteiger partial charge in [-0.25, -0.2) is 0 Å². The number of hydrogen-bond acceptors (Lipinski definition) is 6. The van der Waals surface area contributed by atoms with Crippen molar-refractivity contribution in [2.75, 3.05) is 12.4 Å². The first-order valence-corrected chi connectivity index (χ1v) is 6.82. The van der Waals surface area contributed by atoms with Crippen LogP contribution in [-0.4, -0.2) is 29.3 Å². The maximum atomic E-state index is 11.9. The average molecular weight is 293 g/mol. The molecule has 0 spiro atoms. The Morgan fingerprint density at radius 2 is 1.90 bits per heavy atom. The first-order valence-electron chi connectivity index (χ1n) is 6.00. The molecule has 0 saturated heterocycles. The van der Waals surface area contributed by atoms with Gasteiger partial charge in [0.05, 0.1) is 7.11 Å². The summed E-state index contributed by atoms with van der Waals surface area (Å²) in [6.07, 6.45) is -0.632. The minimum absolute atomic E-state index is 0.267. The maximum Gasteiger partial charge on any atom is 0.266 e. The normalized spacial score (nSPS) is 11.8. The number of rotatable bonds is 5. The second kappa shape index (κ2) is 6.33. The van der Waals surface area contributed by atoms with Crippen LogP contribution in [0.3, 0.4) is 0 Å². The van der Waals surface area contributed by atoms with Gasteiger partial charge >= 0.3 is 0 Å². The molecule has 2 rings (SSSR count). The largest absolute Gasteiger partial charge is 0.497 e. The minimum Gasteiger partial charge on any atom is -0.497 e. The number of nitrogens with one attached hydrogen (secondary N) is 1. The quantitative estimate of drug-likeness (QED) is 0.915. The Morgan fingerprint density at radius 3 is 2.45 bits per heavy atom. The molecule has 1 N–H and O–H groups in total. The van der Waals surface area contributed by atoms with Gasteiger partial charge in [0.1, 0.15) is 16.5 Å². The number of aryl methyl sites for hydroxylation is 1. The molecule has 0 unspecified atom stereocenters. The van der Waals surface area contributed by atoms with Crippen LogP contribution < -0.4 is 14.8 Å². The number of carbonyl (C=O) groups excluding carboxylic acids is 1. The molecule has 2 aromatic rings. The van der Waals surface area contributed by atoms with Crippen LogP contribution in [0.25, 0.3) is 0 Å². The summed E-state index contributed by atoms with van der Waals surface area (Å²) in [5, 5.41) is 11.6. The molecule has 6 nitrogen and oxygen atoms in total. The van der Waals surface area contributed by atoms with E-state index in [2.05, 4.69) is 15.5 Å². The molecule has 0 aliphatic rings. The van der Waals surface area contributed by atoms with Gasteiger partial charge < -0.3 is 9.47 Å². The highest BCUT2D eigenvalue weighted by Crippen LogP contribution is 2.19. The lowest BCUT2D eigenvalue weighted by Crippen LogP contribution is -2.30. The third kappa shape index (κ3) is 3.67. The number of carbonyl (C=O) groups is 1. The van der Waals surface area contributed by atoms with E-state index in [0.717, 1.165) is 10.8 Å². The maximum absolute atomic E-state index is 11.9. The molecule has 1 heterocycles. The van der Waals surface area contributed by atoms with E-state index >= 15 is 0 Å². The fourth-order valence-corrected chi connectivity index (χ4v) is 2.06. The van der Waals surface area contributed by atoms with Crippen LogP contribution in [0.5, 0.6) is 11.5 Å². The monoisotopic (exact) mass is 293 g/mol. The highest BCUT2D eigenvalue weighted by atomic mass is 32.1. The number of aromatic nitrogens is 2. The van der Waals surface area contributed by atoms with Gasteiger partial charge in [0.2, 0.25) is 5.13 Å². The summed E-state index contributed by atoms with van der Waals surface area (Å²) in [6.45, 7) is 3.50. The molecule has 1 atom stereocenters. The molecule has 0 aliphatic carbocycles. The zero-order valence-electron chi connectivity index (χ0n) is 11.4. The van der Waals surface area contributed by atoms with Crippen molar-refractivity contribution >= 4 is 22.4 Å². The summed E-state index contributed by atoms with van der Waals surface area (Å²) in [4.78, 5) is 11.9. The molecule has 7 heteroatoms. The predicted octanol–water partition coefficient (Wildman–Crippen LogP) is 2.26. The van der Waals surface area contributed by atoms with Crippen LogP contribution in [0.2, 0.25) is 0 Å². The van der Waals surface area contributed by atoms with Gasteiger partial charge in [-0.15, -0.1) is 10.2 Å². The second-order valence-corrected chi connectivity index (χ2v) is 5.23. The van der Waals surface area contributed by atoms with E-state index in [9.17, 15) is 4.79 Å². The number of methoxy groups -OCH3 is 1. The molecule has 0 bridgehead atoms. The Balaban J connectivity index is 1.92. The number of nitrogens with zero attached hydrogens (tertiary/aromatic N) is 2. The van der Waals surface area contributed by atoms with Crippen molar-refractivity contribution in [1.82, 2.24) is 10.2 Å². The Labute approximate surface area is 120 Å². The van der Waals surface area contributed by atoms with Crippen LogP contribution in [0.1, 0.15) is 11.9 Å². The number of amides is 1. The number of hydrogen-bond donors (Lipinski definition) is 1. The van der Waals surface area contributed by atoms with E-state index in [1.54, 1.807) is 38.3 Å².